The fourth-order valence-electron chi connectivity index (χ4n) is 4.55. The molecule has 9 atom stereocenters. The van der Waals surface area contributed by atoms with Crippen molar-refractivity contribution < 1.29 is 58.7 Å². The van der Waals surface area contributed by atoms with Crippen LogP contribution in [-0.4, -0.2) is 115 Å². The maximum atomic E-state index is 12.7. The molecule has 13 nitrogen and oxygen atoms in total. The van der Waals surface area contributed by atoms with Crippen molar-refractivity contribution in [1.82, 2.24) is 0 Å². The number of hydrogen-bond acceptors (Lipinski definition) is 13. The van der Waals surface area contributed by atoms with Crippen LogP contribution in [0.3, 0.4) is 0 Å². The minimum atomic E-state index is -1.71. The summed E-state index contributed by atoms with van der Waals surface area (Å²) >= 11 is 0. The minimum absolute atomic E-state index is 0.0858. The van der Waals surface area contributed by atoms with E-state index >= 15 is 0 Å². The molecule has 0 radical (unpaired) electrons. The van der Waals surface area contributed by atoms with E-state index in [9.17, 15) is 35.6 Å². The molecule has 1 aliphatic heterocycles. The number of nitrogens with zero attached hydrogens (tertiary/aromatic N) is 1. The van der Waals surface area contributed by atoms with Gasteiger partial charge in [0.1, 0.15) is 30.5 Å². The lowest BCUT2D eigenvalue weighted by molar-refractivity contribution is -0.314. The largest absolute Gasteiger partial charge is 0.504 e. The average Bonchev–Trinajstić information content (AvgIpc) is 2.93. The third-order valence-corrected chi connectivity index (χ3v) is 6.63. The van der Waals surface area contributed by atoms with Crippen molar-refractivity contribution >= 4 is 12.0 Å². The number of rotatable bonds is 9. The summed E-state index contributed by atoms with van der Waals surface area (Å²) < 4.78 is 32.8. The Balaban J connectivity index is 1.84. The summed E-state index contributed by atoms with van der Waals surface area (Å²) in [6, 6.07) is 6.24. The Hall–Kier alpha value is -3.06. The molecule has 13 heteroatoms. The number of aromatic hydroxyl groups is 1. The zero-order chi connectivity index (χ0) is 28.7. The average molecular weight is 552 g/mol. The third-order valence-electron chi connectivity index (χ3n) is 6.63. The number of hydrogen-bond donors (Lipinski definition) is 5. The van der Waals surface area contributed by atoms with E-state index < -0.39 is 67.7 Å². The van der Waals surface area contributed by atoms with Crippen molar-refractivity contribution in [3.63, 3.8) is 0 Å². The smallest absolute Gasteiger partial charge is 0.331 e. The molecule has 4 unspecified atom stereocenters. The molecule has 0 bridgehead atoms. The number of benzene rings is 1. The summed E-state index contributed by atoms with van der Waals surface area (Å²) in [5.41, 5.74) is 0.643. The first-order valence-corrected chi connectivity index (χ1v) is 12.1. The number of nitriles is 1. The molecule has 1 aromatic rings. The Morgan fingerprint density at radius 2 is 1.90 bits per heavy atom. The van der Waals surface area contributed by atoms with Crippen molar-refractivity contribution in [1.29, 1.82) is 5.26 Å². The summed E-state index contributed by atoms with van der Waals surface area (Å²) in [5.74, 6) is -0.824. The minimum Gasteiger partial charge on any atom is -0.504 e. The molecule has 2 aliphatic rings. The van der Waals surface area contributed by atoms with E-state index in [1.165, 1.54) is 45.6 Å². The molecular formula is C26H33NO12. The Kier molecular flexibility index (Phi) is 10.8. The number of carbonyl (C=O) groups excluding carboxylic acids is 1. The predicted octanol–water partition coefficient (Wildman–Crippen LogP) is -0.605. The number of allylic oxidation sites excluding steroid dienone is 1. The maximum absolute atomic E-state index is 12.7. The molecule has 5 N–H and O–H groups in total. The van der Waals surface area contributed by atoms with Crippen LogP contribution in [0.5, 0.6) is 11.5 Å². The number of ether oxygens (including phenoxy) is 6. The molecule has 1 saturated heterocycles. The second-order valence-electron chi connectivity index (χ2n) is 8.93. The number of esters is 1. The van der Waals surface area contributed by atoms with Gasteiger partial charge in [-0.25, -0.2) is 4.79 Å². The SMILES string of the molecule is COc1cc(/C=C/C(=O)O[C@H]2[C@H](OC3CC(OC)C(OC)C(O)/C3=C/C#N)O[C@H](CO)[C@@H](O)[C@@H]2O)ccc1O. The third kappa shape index (κ3) is 6.93. The first-order chi connectivity index (χ1) is 18.7. The van der Waals surface area contributed by atoms with Crippen LogP contribution in [0.4, 0.5) is 0 Å². The molecule has 2 fully saturated rings. The van der Waals surface area contributed by atoms with Crippen molar-refractivity contribution in [3.05, 3.63) is 41.5 Å². The molecule has 39 heavy (non-hydrogen) atoms. The highest BCUT2D eigenvalue weighted by atomic mass is 16.7. The Labute approximate surface area is 225 Å². The molecule has 1 aromatic carbocycles. The fraction of sp³-hybridized carbons (Fsp3) is 0.538. The molecule has 3 rings (SSSR count). The molecule has 0 amide bonds. The van der Waals surface area contributed by atoms with Crippen LogP contribution in [-0.2, 0) is 28.5 Å². The molecular weight excluding hydrogens is 518 g/mol. The summed E-state index contributed by atoms with van der Waals surface area (Å²) in [7, 11) is 4.18. The quantitative estimate of drug-likeness (QED) is 0.148. The molecule has 1 heterocycles. The monoisotopic (exact) mass is 551 g/mol. The van der Waals surface area contributed by atoms with E-state index in [2.05, 4.69) is 0 Å². The van der Waals surface area contributed by atoms with Gasteiger partial charge in [-0.1, -0.05) is 6.07 Å². The number of methoxy groups -OCH3 is 3. The maximum Gasteiger partial charge on any atom is 0.331 e. The van der Waals surface area contributed by atoms with Gasteiger partial charge in [0.25, 0.3) is 0 Å². The van der Waals surface area contributed by atoms with Gasteiger partial charge in [-0.3, -0.25) is 0 Å². The van der Waals surface area contributed by atoms with Crippen molar-refractivity contribution in [2.45, 2.75) is 61.5 Å². The zero-order valence-electron chi connectivity index (χ0n) is 21.6. The summed E-state index contributed by atoms with van der Waals surface area (Å²) in [5, 5.41) is 60.6. The lowest BCUT2D eigenvalue weighted by atomic mass is 9.84. The fourth-order valence-corrected chi connectivity index (χ4v) is 4.55. The topological polar surface area (TPSA) is 197 Å². The van der Waals surface area contributed by atoms with E-state index in [4.69, 9.17) is 28.4 Å². The van der Waals surface area contributed by atoms with Crippen LogP contribution in [0, 0.1) is 11.3 Å². The number of phenolic OH excluding ortho intramolecular Hbond substituents is 1. The first-order valence-electron chi connectivity index (χ1n) is 12.1. The second-order valence-corrected chi connectivity index (χ2v) is 8.93. The number of aliphatic hydroxyl groups excluding tert-OH is 4. The van der Waals surface area contributed by atoms with E-state index in [-0.39, 0.29) is 23.5 Å². The lowest BCUT2D eigenvalue weighted by Crippen LogP contribution is -2.61. The van der Waals surface area contributed by atoms with Crippen LogP contribution in [0.25, 0.3) is 6.08 Å². The van der Waals surface area contributed by atoms with E-state index in [0.717, 1.165) is 12.2 Å². The summed E-state index contributed by atoms with van der Waals surface area (Å²) in [4.78, 5) is 12.7. The summed E-state index contributed by atoms with van der Waals surface area (Å²) in [6.45, 7) is -0.679. The number of carbonyl (C=O) groups is 1. The molecule has 0 spiro atoms. The van der Waals surface area contributed by atoms with Crippen LogP contribution in [0.15, 0.2) is 35.9 Å². The van der Waals surface area contributed by atoms with Crippen LogP contribution in [0.1, 0.15) is 12.0 Å². The highest BCUT2D eigenvalue weighted by Crippen LogP contribution is 2.34. The Morgan fingerprint density at radius 1 is 1.15 bits per heavy atom. The van der Waals surface area contributed by atoms with Crippen LogP contribution < -0.4 is 4.74 Å². The molecule has 0 aromatic heterocycles. The van der Waals surface area contributed by atoms with E-state index in [1.807, 2.05) is 6.07 Å². The van der Waals surface area contributed by atoms with E-state index in [0.29, 0.717) is 5.56 Å². The Morgan fingerprint density at radius 3 is 2.51 bits per heavy atom. The van der Waals surface area contributed by atoms with Crippen LogP contribution in [0.2, 0.25) is 0 Å². The molecule has 1 saturated carbocycles. The van der Waals surface area contributed by atoms with Crippen molar-refractivity contribution in [2.24, 2.45) is 0 Å². The highest BCUT2D eigenvalue weighted by molar-refractivity contribution is 5.87. The zero-order valence-corrected chi connectivity index (χ0v) is 21.6. The first kappa shape index (κ1) is 30.5. The predicted molar refractivity (Wildman–Crippen MR) is 132 cm³/mol. The standard InChI is InChI=1S/C26H33NO12/c1-34-17-10-13(4-6-15(17)29)5-7-20(30)39-25-23(33)22(32)19(12-28)38-26(25)37-16-11-18(35-2)24(36-3)21(31)14(16)8-9-27/h4-8,10,16,18-19,21-26,28-29,31-33H,11-12H2,1-3H3/b7-5+,14-8+/t16?,18?,19-,21?,22-,23+,24?,25-,26-/m1/s1. The van der Waals surface area contributed by atoms with Gasteiger partial charge in [0.15, 0.2) is 23.9 Å². The van der Waals surface area contributed by atoms with Gasteiger partial charge >= 0.3 is 5.97 Å². The molecule has 214 valence electrons. The number of aliphatic hydroxyl groups is 4. The lowest BCUT2D eigenvalue weighted by Gasteiger charge is -2.45. The van der Waals surface area contributed by atoms with Crippen LogP contribution >= 0.6 is 0 Å². The van der Waals surface area contributed by atoms with Gasteiger partial charge in [0.05, 0.1) is 32.0 Å². The van der Waals surface area contributed by atoms with Gasteiger partial charge in [0, 0.05) is 38.4 Å². The van der Waals surface area contributed by atoms with Crippen molar-refractivity contribution in [3.8, 4) is 17.6 Å². The molecule has 1 aliphatic carbocycles. The highest BCUT2D eigenvalue weighted by Gasteiger charge is 2.50. The van der Waals surface area contributed by atoms with Gasteiger partial charge < -0.3 is 54.0 Å². The normalized spacial score (nSPS) is 34.1. The van der Waals surface area contributed by atoms with Gasteiger partial charge in [-0.2, -0.15) is 5.26 Å². The van der Waals surface area contributed by atoms with Gasteiger partial charge in [0.2, 0.25) is 0 Å². The van der Waals surface area contributed by atoms with Gasteiger partial charge in [-0.15, -0.1) is 0 Å². The van der Waals surface area contributed by atoms with E-state index in [1.54, 1.807) is 0 Å². The number of phenols is 1. The van der Waals surface area contributed by atoms with Crippen molar-refractivity contribution in [2.75, 3.05) is 27.9 Å². The van der Waals surface area contributed by atoms with Gasteiger partial charge in [-0.05, 0) is 23.8 Å². The Bertz CT molecular complexity index is 1090. The summed E-state index contributed by atoms with van der Waals surface area (Å²) in [6.07, 6.45) is -7.77. The second kappa shape index (κ2) is 13.8.